The maximum Gasteiger partial charge on any atom is 0.256 e. The van der Waals surface area contributed by atoms with Crippen molar-refractivity contribution in [3.63, 3.8) is 0 Å². The number of carbonyl (C=O) groups is 1. The molecule has 0 aliphatic heterocycles. The molecule has 0 aliphatic rings. The van der Waals surface area contributed by atoms with E-state index in [-0.39, 0.29) is 5.91 Å². The summed E-state index contributed by atoms with van der Waals surface area (Å²) in [4.78, 5) is 12.1. The molecule has 94 valence electrons. The molecular weight excluding hydrogens is 268 g/mol. The number of rotatable bonds is 2. The largest absolute Gasteiger partial charge is 0.398 e. The van der Waals surface area contributed by atoms with Crippen molar-refractivity contribution >= 4 is 40.2 Å². The molecule has 3 N–H and O–H groups in total. The molecule has 1 aromatic heterocycles. The molecule has 0 spiro atoms. The molecule has 0 bridgehead atoms. The van der Waals surface area contributed by atoms with Gasteiger partial charge in [0.15, 0.2) is 0 Å². The summed E-state index contributed by atoms with van der Waals surface area (Å²) < 4.78 is 0. The van der Waals surface area contributed by atoms with Crippen LogP contribution in [0.25, 0.3) is 0 Å². The SMILES string of the molecule is Cc1cc(N)c(Cl)cc1NC(=O)c1cscc1C. The lowest BCUT2D eigenvalue weighted by Gasteiger charge is -2.10. The summed E-state index contributed by atoms with van der Waals surface area (Å²) in [5.74, 6) is -0.127. The summed E-state index contributed by atoms with van der Waals surface area (Å²) in [7, 11) is 0. The van der Waals surface area contributed by atoms with Crippen LogP contribution in [-0.4, -0.2) is 5.91 Å². The molecule has 1 aromatic carbocycles. The second-order valence-corrected chi connectivity index (χ2v) is 5.26. The number of hydrogen-bond donors (Lipinski definition) is 2. The lowest BCUT2D eigenvalue weighted by Crippen LogP contribution is -2.13. The zero-order chi connectivity index (χ0) is 13.3. The van der Waals surface area contributed by atoms with Gasteiger partial charge in [-0.15, -0.1) is 0 Å². The summed E-state index contributed by atoms with van der Waals surface area (Å²) >= 11 is 7.46. The maximum absolute atomic E-state index is 12.1. The highest BCUT2D eigenvalue weighted by molar-refractivity contribution is 7.08. The van der Waals surface area contributed by atoms with Gasteiger partial charge >= 0.3 is 0 Å². The molecule has 1 amide bonds. The van der Waals surface area contributed by atoms with Gasteiger partial charge in [0, 0.05) is 11.1 Å². The van der Waals surface area contributed by atoms with E-state index in [1.807, 2.05) is 24.6 Å². The van der Waals surface area contributed by atoms with Crippen molar-refractivity contribution in [1.82, 2.24) is 0 Å². The fraction of sp³-hybridized carbons (Fsp3) is 0.154. The molecular formula is C13H13ClN2OS. The Hall–Kier alpha value is -1.52. The van der Waals surface area contributed by atoms with E-state index in [4.69, 9.17) is 17.3 Å². The molecule has 0 aliphatic carbocycles. The average Bonchev–Trinajstić information content (AvgIpc) is 2.72. The van der Waals surface area contributed by atoms with E-state index in [0.717, 1.165) is 11.1 Å². The Morgan fingerprint density at radius 1 is 1.28 bits per heavy atom. The van der Waals surface area contributed by atoms with Gasteiger partial charge in [0.2, 0.25) is 0 Å². The number of aryl methyl sites for hydroxylation is 2. The Morgan fingerprint density at radius 3 is 2.61 bits per heavy atom. The van der Waals surface area contributed by atoms with Crippen LogP contribution in [0.15, 0.2) is 22.9 Å². The highest BCUT2D eigenvalue weighted by Crippen LogP contribution is 2.27. The van der Waals surface area contributed by atoms with Gasteiger partial charge in [0.1, 0.15) is 0 Å². The van der Waals surface area contributed by atoms with Crippen molar-refractivity contribution in [1.29, 1.82) is 0 Å². The summed E-state index contributed by atoms with van der Waals surface area (Å²) in [6, 6.07) is 3.42. The van der Waals surface area contributed by atoms with E-state index in [1.54, 1.807) is 12.1 Å². The van der Waals surface area contributed by atoms with Crippen LogP contribution >= 0.6 is 22.9 Å². The number of halogens is 1. The summed E-state index contributed by atoms with van der Waals surface area (Å²) in [5, 5.41) is 7.07. The summed E-state index contributed by atoms with van der Waals surface area (Å²) in [6.45, 7) is 3.79. The molecule has 2 aromatic rings. The van der Waals surface area contributed by atoms with E-state index >= 15 is 0 Å². The van der Waals surface area contributed by atoms with Crippen LogP contribution in [-0.2, 0) is 0 Å². The standard InChI is InChI=1S/C13H13ClN2OS/c1-7-3-11(15)10(14)4-12(7)16-13(17)9-6-18-5-8(9)2/h3-6H,15H2,1-2H3,(H,16,17). The first-order valence-corrected chi connectivity index (χ1v) is 6.71. The number of benzene rings is 1. The second-order valence-electron chi connectivity index (χ2n) is 4.11. The molecule has 0 unspecified atom stereocenters. The monoisotopic (exact) mass is 280 g/mol. The average molecular weight is 281 g/mol. The maximum atomic E-state index is 12.1. The molecule has 0 radical (unpaired) electrons. The number of nitrogens with two attached hydrogens (primary N) is 1. The zero-order valence-corrected chi connectivity index (χ0v) is 11.7. The van der Waals surface area contributed by atoms with E-state index in [2.05, 4.69) is 5.32 Å². The molecule has 5 heteroatoms. The molecule has 0 saturated carbocycles. The molecule has 3 nitrogen and oxygen atoms in total. The first-order chi connectivity index (χ1) is 8.49. The minimum absolute atomic E-state index is 0.127. The van der Waals surface area contributed by atoms with Crippen molar-refractivity contribution in [3.05, 3.63) is 44.6 Å². The van der Waals surface area contributed by atoms with Crippen LogP contribution in [0.4, 0.5) is 11.4 Å². The predicted octanol–water partition coefficient (Wildman–Crippen LogP) is 3.85. The number of amides is 1. The van der Waals surface area contributed by atoms with Gasteiger partial charge in [-0.3, -0.25) is 4.79 Å². The topological polar surface area (TPSA) is 55.1 Å². The van der Waals surface area contributed by atoms with Gasteiger partial charge in [0.05, 0.1) is 16.3 Å². The molecule has 18 heavy (non-hydrogen) atoms. The Kier molecular flexibility index (Phi) is 3.59. The molecule has 0 atom stereocenters. The Bertz CT molecular complexity index is 607. The minimum Gasteiger partial charge on any atom is -0.398 e. The smallest absolute Gasteiger partial charge is 0.256 e. The first kappa shape index (κ1) is 12.9. The number of anilines is 2. The van der Waals surface area contributed by atoms with Gasteiger partial charge in [-0.05, 0) is 42.5 Å². The highest BCUT2D eigenvalue weighted by Gasteiger charge is 2.12. The Balaban J connectivity index is 2.28. The fourth-order valence-corrected chi connectivity index (χ4v) is 2.61. The number of thiophene rings is 1. The first-order valence-electron chi connectivity index (χ1n) is 5.39. The lowest BCUT2D eigenvalue weighted by atomic mass is 10.1. The number of nitrogens with one attached hydrogen (secondary N) is 1. The predicted molar refractivity (Wildman–Crippen MR) is 77.6 cm³/mol. The van der Waals surface area contributed by atoms with E-state index in [0.29, 0.717) is 22.0 Å². The molecule has 0 fully saturated rings. The van der Waals surface area contributed by atoms with Gasteiger partial charge in [0.25, 0.3) is 5.91 Å². The van der Waals surface area contributed by atoms with Crippen molar-refractivity contribution in [2.45, 2.75) is 13.8 Å². The van der Waals surface area contributed by atoms with Crippen LogP contribution in [0.1, 0.15) is 21.5 Å². The second kappa shape index (κ2) is 5.00. The quantitative estimate of drug-likeness (QED) is 0.821. The third-order valence-corrected chi connectivity index (χ3v) is 3.88. The van der Waals surface area contributed by atoms with Gasteiger partial charge in [-0.1, -0.05) is 11.6 Å². The minimum atomic E-state index is -0.127. The van der Waals surface area contributed by atoms with E-state index < -0.39 is 0 Å². The van der Waals surface area contributed by atoms with E-state index in [9.17, 15) is 4.79 Å². The fourth-order valence-electron chi connectivity index (χ4n) is 1.62. The van der Waals surface area contributed by atoms with Crippen LogP contribution in [0.5, 0.6) is 0 Å². The normalized spacial score (nSPS) is 10.4. The molecule has 2 rings (SSSR count). The van der Waals surface area contributed by atoms with Crippen LogP contribution in [0, 0.1) is 13.8 Å². The van der Waals surface area contributed by atoms with Gasteiger partial charge in [-0.2, -0.15) is 11.3 Å². The van der Waals surface area contributed by atoms with Gasteiger partial charge in [-0.25, -0.2) is 0 Å². The molecule has 1 heterocycles. The number of carbonyl (C=O) groups excluding carboxylic acids is 1. The lowest BCUT2D eigenvalue weighted by molar-refractivity contribution is 0.102. The van der Waals surface area contributed by atoms with Crippen molar-refractivity contribution < 1.29 is 4.79 Å². The number of nitrogen functional groups attached to an aromatic ring is 1. The van der Waals surface area contributed by atoms with Gasteiger partial charge < -0.3 is 11.1 Å². The third-order valence-electron chi connectivity index (χ3n) is 2.69. The zero-order valence-electron chi connectivity index (χ0n) is 10.1. The van der Waals surface area contributed by atoms with Crippen molar-refractivity contribution in [2.24, 2.45) is 0 Å². The van der Waals surface area contributed by atoms with Crippen molar-refractivity contribution in [2.75, 3.05) is 11.1 Å². The van der Waals surface area contributed by atoms with Crippen molar-refractivity contribution in [3.8, 4) is 0 Å². The third kappa shape index (κ3) is 2.49. The molecule has 0 saturated heterocycles. The Morgan fingerprint density at radius 2 is 2.00 bits per heavy atom. The van der Waals surface area contributed by atoms with Crippen LogP contribution < -0.4 is 11.1 Å². The summed E-state index contributed by atoms with van der Waals surface area (Å²) in [5.41, 5.74) is 9.44. The highest BCUT2D eigenvalue weighted by atomic mass is 35.5. The van der Waals surface area contributed by atoms with Crippen LogP contribution in [0.3, 0.4) is 0 Å². The van der Waals surface area contributed by atoms with Crippen LogP contribution in [0.2, 0.25) is 5.02 Å². The summed E-state index contributed by atoms with van der Waals surface area (Å²) in [6.07, 6.45) is 0. The number of hydrogen-bond acceptors (Lipinski definition) is 3. The Labute approximate surface area is 115 Å². The van der Waals surface area contributed by atoms with E-state index in [1.165, 1.54) is 11.3 Å².